The molecule has 0 saturated carbocycles. The van der Waals surface area contributed by atoms with Gasteiger partial charge >= 0.3 is 4.87 Å². The van der Waals surface area contributed by atoms with E-state index in [0.717, 1.165) is 22.5 Å². The van der Waals surface area contributed by atoms with E-state index in [4.69, 9.17) is 4.74 Å². The fraction of sp³-hybridized carbons (Fsp3) is 0.207. The fourth-order valence-corrected chi connectivity index (χ4v) is 8.00. The standard InChI is InChI=1S/C29H24N4O5S2/c1-16-5-3-7-18(13-16)31-21(34)15-32-28-25(40-29(32)37)22(17-6-4-12-30-14-17)23-24(39-28)27(36)33(26(23)35)19-8-10-20(38-2)11-9-19/h3-14,22-24H,15H2,1-2H3,(H,31,34). The number of ether oxygens (including phenoxy) is 1. The molecule has 2 aliphatic rings. The molecule has 0 aliphatic carbocycles. The number of fused-ring (bicyclic) bond motifs is 2. The Balaban J connectivity index is 1.39. The van der Waals surface area contributed by atoms with Crippen molar-refractivity contribution in [2.24, 2.45) is 5.92 Å². The summed E-state index contributed by atoms with van der Waals surface area (Å²) in [4.78, 5) is 59.7. The summed E-state index contributed by atoms with van der Waals surface area (Å²) in [5, 5.41) is 2.60. The second-order valence-corrected chi connectivity index (χ2v) is 11.7. The maximum atomic E-state index is 13.9. The van der Waals surface area contributed by atoms with Gasteiger partial charge in [0.1, 0.15) is 17.5 Å². The van der Waals surface area contributed by atoms with Crippen molar-refractivity contribution in [1.29, 1.82) is 0 Å². The number of thiazole rings is 1. The number of aryl methyl sites for hydroxylation is 1. The van der Waals surface area contributed by atoms with Crippen molar-refractivity contribution in [3.63, 3.8) is 0 Å². The lowest BCUT2D eigenvalue weighted by molar-refractivity contribution is -0.122. The first-order chi connectivity index (χ1) is 19.4. The van der Waals surface area contributed by atoms with Gasteiger partial charge in [-0.15, -0.1) is 0 Å². The minimum Gasteiger partial charge on any atom is -0.497 e. The van der Waals surface area contributed by atoms with E-state index in [1.807, 2.05) is 31.2 Å². The van der Waals surface area contributed by atoms with Crippen LogP contribution in [0.2, 0.25) is 0 Å². The average Bonchev–Trinajstić information content (AvgIpc) is 3.39. The topological polar surface area (TPSA) is 111 Å². The molecule has 0 spiro atoms. The summed E-state index contributed by atoms with van der Waals surface area (Å²) in [6.45, 7) is 1.71. The maximum absolute atomic E-state index is 13.9. The van der Waals surface area contributed by atoms with E-state index in [2.05, 4.69) is 10.3 Å². The molecule has 1 N–H and O–H groups in total. The van der Waals surface area contributed by atoms with Crippen LogP contribution in [-0.4, -0.2) is 39.6 Å². The highest BCUT2D eigenvalue weighted by atomic mass is 32.2. The molecule has 1 fully saturated rings. The molecule has 3 amide bonds. The largest absolute Gasteiger partial charge is 0.497 e. The maximum Gasteiger partial charge on any atom is 0.308 e. The molecule has 4 aromatic rings. The van der Waals surface area contributed by atoms with Gasteiger partial charge in [-0.05, 0) is 60.5 Å². The zero-order valence-corrected chi connectivity index (χ0v) is 23.2. The molecule has 1 saturated heterocycles. The molecule has 9 nitrogen and oxygen atoms in total. The number of methoxy groups -OCH3 is 1. The summed E-state index contributed by atoms with van der Waals surface area (Å²) in [6, 6.07) is 17.8. The smallest absolute Gasteiger partial charge is 0.308 e. The van der Waals surface area contributed by atoms with Crippen LogP contribution >= 0.6 is 23.1 Å². The Kier molecular flexibility index (Phi) is 6.77. The van der Waals surface area contributed by atoms with Gasteiger partial charge in [0.05, 0.1) is 23.7 Å². The second-order valence-electron chi connectivity index (χ2n) is 9.58. The van der Waals surface area contributed by atoms with Crippen molar-refractivity contribution in [3.8, 4) is 5.75 Å². The molecular weight excluding hydrogens is 548 g/mol. The molecule has 2 aromatic carbocycles. The molecule has 2 aromatic heterocycles. The first kappa shape index (κ1) is 26.0. The van der Waals surface area contributed by atoms with Gasteiger partial charge in [-0.2, -0.15) is 0 Å². The summed E-state index contributed by atoms with van der Waals surface area (Å²) in [6.07, 6.45) is 3.29. The number of nitrogens with zero attached hydrogens (tertiary/aromatic N) is 3. The number of rotatable bonds is 6. The SMILES string of the molecule is COc1ccc(N2C(=O)C3Sc4c(sc(=O)n4CC(=O)Nc4cccc(C)c4)C(c4cccnc4)C3C2=O)cc1. The Hall–Kier alpha value is -4.22. The van der Waals surface area contributed by atoms with Crippen LogP contribution in [0.15, 0.2) is 82.9 Å². The van der Waals surface area contributed by atoms with Crippen molar-refractivity contribution < 1.29 is 19.1 Å². The van der Waals surface area contributed by atoms with Gasteiger partial charge in [-0.1, -0.05) is 41.3 Å². The molecule has 3 unspecified atom stereocenters. The number of imide groups is 1. The Morgan fingerprint density at radius 3 is 2.55 bits per heavy atom. The molecule has 6 rings (SSSR count). The number of thioether (sulfide) groups is 1. The monoisotopic (exact) mass is 572 g/mol. The first-order valence-electron chi connectivity index (χ1n) is 12.5. The molecule has 40 heavy (non-hydrogen) atoms. The van der Waals surface area contributed by atoms with Gasteiger partial charge in [0.2, 0.25) is 17.7 Å². The van der Waals surface area contributed by atoms with Crippen LogP contribution in [-0.2, 0) is 20.9 Å². The quantitative estimate of drug-likeness (QED) is 0.347. The van der Waals surface area contributed by atoms with Gasteiger partial charge in [0, 0.05) is 28.9 Å². The third-order valence-corrected chi connectivity index (χ3v) is 9.63. The molecule has 11 heteroatoms. The fourth-order valence-electron chi connectivity index (χ4n) is 5.23. The number of nitrogens with one attached hydrogen (secondary N) is 1. The molecule has 0 radical (unpaired) electrons. The Labute approximate surface area is 237 Å². The van der Waals surface area contributed by atoms with Crippen LogP contribution in [0, 0.1) is 12.8 Å². The van der Waals surface area contributed by atoms with E-state index in [1.54, 1.807) is 55.9 Å². The lowest BCUT2D eigenvalue weighted by Crippen LogP contribution is -2.33. The molecule has 4 heterocycles. The van der Waals surface area contributed by atoms with Crippen LogP contribution in [0.1, 0.15) is 21.9 Å². The summed E-state index contributed by atoms with van der Waals surface area (Å²) in [7, 11) is 1.55. The zero-order chi connectivity index (χ0) is 28.0. The summed E-state index contributed by atoms with van der Waals surface area (Å²) in [5.41, 5.74) is 2.81. The van der Waals surface area contributed by atoms with Crippen molar-refractivity contribution in [3.05, 3.63) is 98.7 Å². The number of hydrogen-bond donors (Lipinski definition) is 1. The van der Waals surface area contributed by atoms with E-state index in [-0.39, 0.29) is 29.1 Å². The first-order valence-corrected chi connectivity index (χ1v) is 14.2. The van der Waals surface area contributed by atoms with Crippen LogP contribution in [0.4, 0.5) is 11.4 Å². The predicted octanol–water partition coefficient (Wildman–Crippen LogP) is 4.06. The Morgan fingerprint density at radius 2 is 1.85 bits per heavy atom. The molecule has 202 valence electrons. The van der Waals surface area contributed by atoms with Crippen LogP contribution < -0.4 is 19.8 Å². The normalized spacial score (nSPS) is 19.8. The van der Waals surface area contributed by atoms with Crippen molar-refractivity contribution in [2.75, 3.05) is 17.3 Å². The average molecular weight is 573 g/mol. The zero-order valence-electron chi connectivity index (χ0n) is 21.6. The van der Waals surface area contributed by atoms with E-state index < -0.39 is 17.1 Å². The molecular formula is C29H24N4O5S2. The highest BCUT2D eigenvalue weighted by Crippen LogP contribution is 2.53. The lowest BCUT2D eigenvalue weighted by Gasteiger charge is -2.30. The summed E-state index contributed by atoms with van der Waals surface area (Å²) < 4.78 is 6.63. The third-order valence-electron chi connectivity index (χ3n) is 7.03. The van der Waals surface area contributed by atoms with Crippen molar-refractivity contribution in [2.45, 2.75) is 29.7 Å². The van der Waals surface area contributed by atoms with E-state index >= 15 is 0 Å². The number of aromatic nitrogens is 2. The van der Waals surface area contributed by atoms with Gasteiger partial charge in [-0.3, -0.25) is 28.7 Å². The highest BCUT2D eigenvalue weighted by Gasteiger charge is 2.56. The number of hydrogen-bond acceptors (Lipinski definition) is 8. The van der Waals surface area contributed by atoms with Gasteiger partial charge in [0.25, 0.3) is 0 Å². The molecule has 2 aliphatic heterocycles. The third kappa shape index (κ3) is 4.50. The minimum atomic E-state index is -0.771. The molecule has 3 atom stereocenters. The number of benzene rings is 2. The molecule has 0 bridgehead atoms. The summed E-state index contributed by atoms with van der Waals surface area (Å²) in [5.74, 6) is -1.74. The van der Waals surface area contributed by atoms with Gasteiger partial charge in [0.15, 0.2) is 0 Å². The number of carbonyl (C=O) groups excluding carboxylic acids is 3. The lowest BCUT2D eigenvalue weighted by atomic mass is 9.84. The van der Waals surface area contributed by atoms with Gasteiger partial charge < -0.3 is 10.1 Å². The van der Waals surface area contributed by atoms with Crippen molar-refractivity contribution >= 4 is 52.2 Å². The summed E-state index contributed by atoms with van der Waals surface area (Å²) >= 11 is 2.18. The second kappa shape index (κ2) is 10.4. The van der Waals surface area contributed by atoms with Crippen LogP contribution in [0.25, 0.3) is 0 Å². The van der Waals surface area contributed by atoms with Crippen LogP contribution in [0.3, 0.4) is 0 Å². The number of anilines is 2. The number of pyridine rings is 1. The van der Waals surface area contributed by atoms with E-state index in [1.165, 1.54) is 21.2 Å². The van der Waals surface area contributed by atoms with E-state index in [0.29, 0.717) is 27.0 Å². The predicted molar refractivity (Wildman–Crippen MR) is 153 cm³/mol. The number of carbonyl (C=O) groups is 3. The Bertz CT molecular complexity index is 1680. The highest BCUT2D eigenvalue weighted by molar-refractivity contribution is 8.00. The van der Waals surface area contributed by atoms with E-state index in [9.17, 15) is 19.2 Å². The Morgan fingerprint density at radius 1 is 1.05 bits per heavy atom. The van der Waals surface area contributed by atoms with Gasteiger partial charge in [-0.25, -0.2) is 4.90 Å². The number of amides is 3. The van der Waals surface area contributed by atoms with Crippen molar-refractivity contribution in [1.82, 2.24) is 9.55 Å². The minimum absolute atomic E-state index is 0.215. The van der Waals surface area contributed by atoms with Crippen LogP contribution in [0.5, 0.6) is 5.75 Å².